The van der Waals surface area contributed by atoms with Crippen molar-refractivity contribution in [1.29, 1.82) is 0 Å². The van der Waals surface area contributed by atoms with E-state index >= 15 is 0 Å². The van der Waals surface area contributed by atoms with Crippen LogP contribution in [0.4, 0.5) is 0 Å². The first-order chi connectivity index (χ1) is 9.47. The number of hydrogen-bond acceptors (Lipinski definition) is 3. The van der Waals surface area contributed by atoms with Gasteiger partial charge in [-0.05, 0) is 25.5 Å². The average Bonchev–Trinajstić information content (AvgIpc) is 2.43. The Balaban J connectivity index is 1.94. The van der Waals surface area contributed by atoms with E-state index in [1.54, 1.807) is 0 Å². The third kappa shape index (κ3) is 3.68. The molecule has 20 heavy (non-hydrogen) atoms. The fourth-order valence-corrected chi connectivity index (χ4v) is 2.62. The van der Waals surface area contributed by atoms with E-state index in [4.69, 9.17) is 0 Å². The third-order valence-electron chi connectivity index (χ3n) is 4.31. The van der Waals surface area contributed by atoms with Crippen molar-refractivity contribution in [3.05, 3.63) is 35.4 Å². The second-order valence-electron chi connectivity index (χ2n) is 6.26. The number of piperazine rings is 1. The van der Waals surface area contributed by atoms with Crippen molar-refractivity contribution in [2.24, 2.45) is 0 Å². The Morgan fingerprint density at radius 2 is 1.90 bits per heavy atom. The van der Waals surface area contributed by atoms with Crippen molar-refractivity contribution in [2.45, 2.75) is 32.7 Å². The summed E-state index contributed by atoms with van der Waals surface area (Å²) in [5.74, 6) is 0.745. The van der Waals surface area contributed by atoms with Crippen LogP contribution in [0.25, 0.3) is 0 Å². The molecular formula is C17H26N2O. The van der Waals surface area contributed by atoms with Crippen molar-refractivity contribution in [1.82, 2.24) is 9.80 Å². The van der Waals surface area contributed by atoms with Gasteiger partial charge < -0.3 is 4.90 Å². The van der Waals surface area contributed by atoms with Gasteiger partial charge in [0.1, 0.15) is 0 Å². The van der Waals surface area contributed by atoms with Crippen molar-refractivity contribution in [3.8, 4) is 0 Å². The highest BCUT2D eigenvalue weighted by molar-refractivity contribution is 5.97. The van der Waals surface area contributed by atoms with Crippen molar-refractivity contribution >= 4 is 5.78 Å². The second kappa shape index (κ2) is 6.51. The van der Waals surface area contributed by atoms with Crippen LogP contribution in [-0.4, -0.2) is 54.9 Å². The molecule has 0 spiro atoms. The Hall–Kier alpha value is -1.19. The first-order valence-corrected chi connectivity index (χ1v) is 7.53. The molecule has 2 rings (SSSR count). The zero-order valence-electron chi connectivity index (χ0n) is 13.1. The summed E-state index contributed by atoms with van der Waals surface area (Å²) in [7, 11) is 2.15. The maximum atomic E-state index is 12.3. The summed E-state index contributed by atoms with van der Waals surface area (Å²) in [5, 5.41) is 0. The van der Waals surface area contributed by atoms with Crippen LogP contribution >= 0.6 is 0 Å². The normalized spacial score (nSPS) is 21.4. The molecule has 1 saturated heterocycles. The molecule has 1 aliphatic heterocycles. The van der Waals surface area contributed by atoms with Gasteiger partial charge in [0, 0.05) is 31.2 Å². The zero-order chi connectivity index (χ0) is 14.7. The lowest BCUT2D eigenvalue weighted by atomic mass is 10.0. The smallest absolute Gasteiger partial charge is 0.176 e. The molecule has 1 heterocycles. The second-order valence-corrected chi connectivity index (χ2v) is 6.26. The van der Waals surface area contributed by atoms with Crippen molar-refractivity contribution < 1.29 is 4.79 Å². The highest BCUT2D eigenvalue weighted by atomic mass is 16.1. The Bertz CT molecular complexity index is 453. The third-order valence-corrected chi connectivity index (χ3v) is 4.31. The van der Waals surface area contributed by atoms with E-state index in [0.29, 0.717) is 18.5 Å². The topological polar surface area (TPSA) is 23.6 Å². The molecule has 110 valence electrons. The van der Waals surface area contributed by atoms with Gasteiger partial charge in [-0.3, -0.25) is 9.69 Å². The maximum absolute atomic E-state index is 12.3. The van der Waals surface area contributed by atoms with E-state index in [-0.39, 0.29) is 5.78 Å². The van der Waals surface area contributed by atoms with Crippen LogP contribution in [0.5, 0.6) is 0 Å². The molecule has 0 N–H and O–H groups in total. The first kappa shape index (κ1) is 15.2. The molecule has 1 atom stereocenters. The molecule has 0 radical (unpaired) electrons. The minimum absolute atomic E-state index is 0.233. The molecule has 0 aromatic heterocycles. The highest BCUT2D eigenvalue weighted by Gasteiger charge is 2.22. The lowest BCUT2D eigenvalue weighted by molar-refractivity contribution is 0.0786. The van der Waals surface area contributed by atoms with Gasteiger partial charge >= 0.3 is 0 Å². The monoisotopic (exact) mass is 274 g/mol. The summed E-state index contributed by atoms with van der Waals surface area (Å²) in [5.41, 5.74) is 2.12. The van der Waals surface area contributed by atoms with Crippen molar-refractivity contribution in [3.63, 3.8) is 0 Å². The number of likely N-dealkylation sites (N-methyl/N-ethyl adjacent to an activating group) is 1. The number of Topliss-reactive ketones (excluding diaryl/α,β-unsaturated/α-hetero) is 1. The van der Waals surface area contributed by atoms with Gasteiger partial charge in [-0.15, -0.1) is 0 Å². The molecule has 0 bridgehead atoms. The van der Waals surface area contributed by atoms with E-state index in [0.717, 1.165) is 25.2 Å². The molecule has 3 nitrogen and oxygen atoms in total. The average molecular weight is 274 g/mol. The van der Waals surface area contributed by atoms with Gasteiger partial charge in [0.2, 0.25) is 0 Å². The van der Waals surface area contributed by atoms with Gasteiger partial charge in [-0.2, -0.15) is 0 Å². The van der Waals surface area contributed by atoms with Gasteiger partial charge in [0.05, 0.1) is 6.54 Å². The van der Waals surface area contributed by atoms with Crippen LogP contribution in [0.15, 0.2) is 24.3 Å². The van der Waals surface area contributed by atoms with E-state index in [2.05, 4.69) is 49.8 Å². The number of hydrogen-bond donors (Lipinski definition) is 0. The van der Waals surface area contributed by atoms with Crippen LogP contribution in [0.1, 0.15) is 42.6 Å². The summed E-state index contributed by atoms with van der Waals surface area (Å²) >= 11 is 0. The minimum atomic E-state index is 0.233. The summed E-state index contributed by atoms with van der Waals surface area (Å²) < 4.78 is 0. The molecule has 1 aliphatic rings. The van der Waals surface area contributed by atoms with Crippen LogP contribution in [0.3, 0.4) is 0 Å². The van der Waals surface area contributed by atoms with Gasteiger partial charge in [0.15, 0.2) is 5.78 Å². The van der Waals surface area contributed by atoms with Crippen LogP contribution in [-0.2, 0) is 0 Å². The predicted molar refractivity (Wildman–Crippen MR) is 83.4 cm³/mol. The number of rotatable bonds is 4. The molecule has 1 aromatic carbocycles. The SMILES string of the molecule is CC(C)c1ccc(C(=O)CN2CCN(C)C(C)C2)cc1. The standard InChI is InChI=1S/C17H26N2O/c1-13(2)15-5-7-16(8-6-15)17(20)12-19-10-9-18(4)14(3)11-19/h5-8,13-14H,9-12H2,1-4H3. The van der Waals surface area contributed by atoms with E-state index in [1.807, 2.05) is 12.1 Å². The van der Waals surface area contributed by atoms with Crippen LogP contribution in [0, 0.1) is 0 Å². The van der Waals surface area contributed by atoms with Crippen LogP contribution < -0.4 is 0 Å². The van der Waals surface area contributed by atoms with E-state index < -0.39 is 0 Å². The lowest BCUT2D eigenvalue weighted by Crippen LogP contribution is -2.51. The predicted octanol–water partition coefficient (Wildman–Crippen LogP) is 2.63. The summed E-state index contributed by atoms with van der Waals surface area (Å²) in [6, 6.07) is 8.61. The molecule has 0 aliphatic carbocycles. The fraction of sp³-hybridized carbons (Fsp3) is 0.588. The molecular weight excluding hydrogens is 248 g/mol. The van der Waals surface area contributed by atoms with Gasteiger partial charge in [-0.1, -0.05) is 38.1 Å². The number of nitrogens with zero attached hydrogens (tertiary/aromatic N) is 2. The lowest BCUT2D eigenvalue weighted by Gasteiger charge is -2.37. The number of carbonyl (C=O) groups is 1. The number of carbonyl (C=O) groups excluding carboxylic acids is 1. The number of ketones is 1. The molecule has 1 unspecified atom stereocenters. The quantitative estimate of drug-likeness (QED) is 0.789. The fourth-order valence-electron chi connectivity index (χ4n) is 2.62. The molecule has 0 saturated carbocycles. The Morgan fingerprint density at radius 3 is 2.45 bits per heavy atom. The minimum Gasteiger partial charge on any atom is -0.301 e. The highest BCUT2D eigenvalue weighted by Crippen LogP contribution is 2.15. The maximum Gasteiger partial charge on any atom is 0.176 e. The molecule has 1 fully saturated rings. The Morgan fingerprint density at radius 1 is 1.25 bits per heavy atom. The van der Waals surface area contributed by atoms with E-state index in [1.165, 1.54) is 5.56 Å². The van der Waals surface area contributed by atoms with Crippen molar-refractivity contribution in [2.75, 3.05) is 33.2 Å². The molecule has 0 amide bonds. The Kier molecular flexibility index (Phi) is 4.95. The molecule has 1 aromatic rings. The van der Waals surface area contributed by atoms with Crippen LogP contribution in [0.2, 0.25) is 0 Å². The summed E-state index contributed by atoms with van der Waals surface area (Å²) in [4.78, 5) is 16.9. The number of benzene rings is 1. The van der Waals surface area contributed by atoms with E-state index in [9.17, 15) is 4.79 Å². The van der Waals surface area contributed by atoms with Gasteiger partial charge in [-0.25, -0.2) is 0 Å². The largest absolute Gasteiger partial charge is 0.301 e. The molecule has 3 heteroatoms. The Labute approximate surface area is 122 Å². The first-order valence-electron chi connectivity index (χ1n) is 7.53. The van der Waals surface area contributed by atoms with Gasteiger partial charge in [0.25, 0.3) is 0 Å². The zero-order valence-corrected chi connectivity index (χ0v) is 13.1. The summed E-state index contributed by atoms with van der Waals surface area (Å²) in [6.07, 6.45) is 0. The summed E-state index contributed by atoms with van der Waals surface area (Å²) in [6.45, 7) is 10.1.